The van der Waals surface area contributed by atoms with Crippen molar-refractivity contribution in [3.63, 3.8) is 0 Å². The molecule has 6 nitrogen and oxygen atoms in total. The SMILES string of the molecule is COC(=O)C(N)C(C)(C)C1CCCN(C(=O)OC(C)(C)C)C1. The predicted octanol–water partition coefficient (Wildman–Crippen LogP) is 2.16. The van der Waals surface area contributed by atoms with E-state index in [9.17, 15) is 9.59 Å². The summed E-state index contributed by atoms with van der Waals surface area (Å²) in [7, 11) is 1.34. The Labute approximate surface area is 133 Å². The molecule has 0 saturated carbocycles. The largest absolute Gasteiger partial charge is 0.468 e. The third-order valence-corrected chi connectivity index (χ3v) is 4.38. The van der Waals surface area contributed by atoms with Crippen molar-refractivity contribution in [1.29, 1.82) is 0 Å². The molecular formula is C16H30N2O4. The van der Waals surface area contributed by atoms with Gasteiger partial charge in [-0.25, -0.2) is 4.79 Å². The molecule has 0 aliphatic carbocycles. The fourth-order valence-electron chi connectivity index (χ4n) is 2.76. The zero-order valence-corrected chi connectivity index (χ0v) is 14.6. The summed E-state index contributed by atoms with van der Waals surface area (Å²) in [5.74, 6) is -0.290. The van der Waals surface area contributed by atoms with Crippen molar-refractivity contribution >= 4 is 12.1 Å². The van der Waals surface area contributed by atoms with E-state index in [0.717, 1.165) is 12.8 Å². The van der Waals surface area contributed by atoms with E-state index in [1.165, 1.54) is 7.11 Å². The van der Waals surface area contributed by atoms with Crippen LogP contribution in [0.3, 0.4) is 0 Å². The Morgan fingerprint density at radius 3 is 2.32 bits per heavy atom. The minimum Gasteiger partial charge on any atom is -0.468 e. The summed E-state index contributed by atoms with van der Waals surface area (Å²) in [6.07, 6.45) is 1.50. The molecule has 1 aliphatic rings. The second kappa shape index (κ2) is 6.86. The van der Waals surface area contributed by atoms with E-state index in [2.05, 4.69) is 0 Å². The van der Waals surface area contributed by atoms with Gasteiger partial charge >= 0.3 is 12.1 Å². The smallest absolute Gasteiger partial charge is 0.410 e. The highest BCUT2D eigenvalue weighted by molar-refractivity contribution is 5.76. The summed E-state index contributed by atoms with van der Waals surface area (Å²) in [5, 5.41) is 0. The summed E-state index contributed by atoms with van der Waals surface area (Å²) in [5.41, 5.74) is 5.09. The van der Waals surface area contributed by atoms with Crippen molar-refractivity contribution in [2.75, 3.05) is 20.2 Å². The second-order valence-electron chi connectivity index (χ2n) is 7.59. The van der Waals surface area contributed by atoms with E-state index in [4.69, 9.17) is 15.2 Å². The normalized spacial score (nSPS) is 21.2. The second-order valence-corrected chi connectivity index (χ2v) is 7.59. The van der Waals surface area contributed by atoms with Crippen LogP contribution in [0.5, 0.6) is 0 Å². The van der Waals surface area contributed by atoms with Crippen LogP contribution >= 0.6 is 0 Å². The molecule has 0 radical (unpaired) electrons. The summed E-state index contributed by atoms with van der Waals surface area (Å²) >= 11 is 0. The van der Waals surface area contributed by atoms with Gasteiger partial charge in [-0.3, -0.25) is 4.79 Å². The lowest BCUT2D eigenvalue weighted by Gasteiger charge is -2.43. The Morgan fingerprint density at radius 1 is 1.23 bits per heavy atom. The van der Waals surface area contributed by atoms with Crippen LogP contribution in [0.1, 0.15) is 47.5 Å². The number of carbonyl (C=O) groups excluding carboxylic acids is 2. The number of likely N-dealkylation sites (tertiary alicyclic amines) is 1. The molecule has 2 atom stereocenters. The zero-order chi connectivity index (χ0) is 17.1. The van der Waals surface area contributed by atoms with E-state index >= 15 is 0 Å². The van der Waals surface area contributed by atoms with Gasteiger partial charge in [-0.2, -0.15) is 0 Å². The minimum atomic E-state index is -0.707. The van der Waals surface area contributed by atoms with Crippen LogP contribution in [-0.4, -0.2) is 48.8 Å². The van der Waals surface area contributed by atoms with Crippen LogP contribution < -0.4 is 5.73 Å². The van der Waals surface area contributed by atoms with Crippen LogP contribution in [0.15, 0.2) is 0 Å². The van der Waals surface area contributed by atoms with Crippen molar-refractivity contribution in [3.05, 3.63) is 0 Å². The lowest BCUT2D eigenvalue weighted by molar-refractivity contribution is -0.146. The van der Waals surface area contributed by atoms with Crippen molar-refractivity contribution in [1.82, 2.24) is 4.90 Å². The molecule has 22 heavy (non-hydrogen) atoms. The Bertz CT molecular complexity index is 415. The molecular weight excluding hydrogens is 284 g/mol. The molecule has 0 aromatic rings. The highest BCUT2D eigenvalue weighted by Gasteiger charge is 2.42. The first kappa shape index (κ1) is 18.7. The summed E-state index contributed by atoms with van der Waals surface area (Å²) in [6, 6.07) is -0.707. The van der Waals surface area contributed by atoms with Crippen molar-refractivity contribution in [3.8, 4) is 0 Å². The van der Waals surface area contributed by atoms with Gasteiger partial charge in [0.25, 0.3) is 0 Å². The van der Waals surface area contributed by atoms with E-state index in [0.29, 0.717) is 13.1 Å². The highest BCUT2D eigenvalue weighted by Crippen LogP contribution is 2.36. The summed E-state index contributed by atoms with van der Waals surface area (Å²) in [4.78, 5) is 25.7. The van der Waals surface area contributed by atoms with E-state index in [1.807, 2.05) is 34.6 Å². The topological polar surface area (TPSA) is 81.9 Å². The van der Waals surface area contributed by atoms with Crippen LogP contribution in [0.25, 0.3) is 0 Å². The van der Waals surface area contributed by atoms with Gasteiger partial charge in [0.05, 0.1) is 7.11 Å². The molecule has 1 rings (SSSR count). The van der Waals surface area contributed by atoms with Crippen molar-refractivity contribution in [2.24, 2.45) is 17.1 Å². The number of esters is 1. The number of carbonyl (C=O) groups is 2. The highest BCUT2D eigenvalue weighted by atomic mass is 16.6. The quantitative estimate of drug-likeness (QED) is 0.807. The number of nitrogens with two attached hydrogens (primary N) is 1. The molecule has 0 aromatic carbocycles. The van der Waals surface area contributed by atoms with Gasteiger partial charge in [-0.1, -0.05) is 13.8 Å². The van der Waals surface area contributed by atoms with Crippen LogP contribution in [0.4, 0.5) is 4.79 Å². The number of hydrogen-bond donors (Lipinski definition) is 1. The van der Waals surface area contributed by atoms with E-state index in [1.54, 1.807) is 4.90 Å². The third-order valence-electron chi connectivity index (χ3n) is 4.38. The monoisotopic (exact) mass is 314 g/mol. The maximum atomic E-state index is 12.2. The molecule has 2 unspecified atom stereocenters. The van der Waals surface area contributed by atoms with Gasteiger partial charge in [-0.15, -0.1) is 0 Å². The molecule has 1 heterocycles. The Morgan fingerprint density at radius 2 is 1.82 bits per heavy atom. The molecule has 0 aromatic heterocycles. The van der Waals surface area contributed by atoms with E-state index < -0.39 is 23.0 Å². The molecule has 6 heteroatoms. The Balaban J connectivity index is 2.77. The van der Waals surface area contributed by atoms with Crippen LogP contribution in [-0.2, 0) is 14.3 Å². The number of ether oxygens (including phenoxy) is 2. The number of amides is 1. The predicted molar refractivity (Wildman–Crippen MR) is 84.3 cm³/mol. The third kappa shape index (κ3) is 4.60. The van der Waals surface area contributed by atoms with Crippen molar-refractivity contribution in [2.45, 2.75) is 59.1 Å². The summed E-state index contributed by atoms with van der Waals surface area (Å²) < 4.78 is 10.2. The summed E-state index contributed by atoms with van der Waals surface area (Å²) in [6.45, 7) is 10.7. The van der Waals surface area contributed by atoms with Gasteiger partial charge in [0.15, 0.2) is 0 Å². The molecule has 0 bridgehead atoms. The van der Waals surface area contributed by atoms with Gasteiger partial charge in [0, 0.05) is 13.1 Å². The number of hydrogen-bond acceptors (Lipinski definition) is 5. The maximum Gasteiger partial charge on any atom is 0.410 e. The first-order valence-corrected chi connectivity index (χ1v) is 7.80. The van der Waals surface area contributed by atoms with Gasteiger partial charge < -0.3 is 20.1 Å². The first-order chi connectivity index (χ1) is 9.99. The average molecular weight is 314 g/mol. The standard InChI is InChI=1S/C16H30N2O4/c1-15(2,3)22-14(20)18-9-7-8-11(10-18)16(4,5)12(17)13(19)21-6/h11-12H,7-10,17H2,1-6H3. The molecule has 1 aliphatic heterocycles. The van der Waals surface area contributed by atoms with Crippen molar-refractivity contribution < 1.29 is 19.1 Å². The Kier molecular flexibility index (Phi) is 5.84. The Hall–Kier alpha value is -1.30. The fraction of sp³-hybridized carbons (Fsp3) is 0.875. The fourth-order valence-corrected chi connectivity index (χ4v) is 2.76. The lowest BCUT2D eigenvalue weighted by atomic mass is 9.70. The number of methoxy groups -OCH3 is 1. The molecule has 0 spiro atoms. The molecule has 128 valence electrons. The van der Waals surface area contributed by atoms with E-state index in [-0.39, 0.29) is 12.0 Å². The van der Waals surface area contributed by atoms with Gasteiger partial charge in [0.1, 0.15) is 11.6 Å². The molecule has 1 saturated heterocycles. The minimum absolute atomic E-state index is 0.128. The number of piperidine rings is 1. The maximum absolute atomic E-state index is 12.2. The van der Waals surface area contributed by atoms with Crippen LogP contribution in [0.2, 0.25) is 0 Å². The average Bonchev–Trinajstić information content (AvgIpc) is 2.43. The molecule has 1 amide bonds. The van der Waals surface area contributed by atoms with Gasteiger partial charge in [0.2, 0.25) is 0 Å². The first-order valence-electron chi connectivity index (χ1n) is 7.80. The van der Waals surface area contributed by atoms with Gasteiger partial charge in [-0.05, 0) is 44.9 Å². The number of rotatable bonds is 3. The zero-order valence-electron chi connectivity index (χ0n) is 14.6. The lowest BCUT2D eigenvalue weighted by Crippen LogP contribution is -2.54. The molecule has 1 fully saturated rings. The molecule has 2 N–H and O–H groups in total. The van der Waals surface area contributed by atoms with Crippen LogP contribution in [0, 0.1) is 11.3 Å². The number of nitrogens with zero attached hydrogens (tertiary/aromatic N) is 1.